The predicted molar refractivity (Wildman–Crippen MR) is 95.5 cm³/mol. The molecule has 2 aromatic rings. The first kappa shape index (κ1) is 16.5. The van der Waals surface area contributed by atoms with E-state index in [0.29, 0.717) is 6.42 Å². The van der Waals surface area contributed by atoms with Crippen molar-refractivity contribution in [3.63, 3.8) is 0 Å². The molecule has 1 aromatic carbocycles. The van der Waals surface area contributed by atoms with E-state index >= 15 is 0 Å². The van der Waals surface area contributed by atoms with Crippen LogP contribution in [0.4, 0.5) is 5.69 Å². The van der Waals surface area contributed by atoms with Gasteiger partial charge < -0.3 is 19.8 Å². The van der Waals surface area contributed by atoms with Gasteiger partial charge in [0.05, 0.1) is 17.1 Å². The van der Waals surface area contributed by atoms with E-state index in [1.807, 2.05) is 18.2 Å². The summed E-state index contributed by atoms with van der Waals surface area (Å²) in [5, 5.41) is 2.98. The number of fused-ring (bicyclic) bond motifs is 1. The van der Waals surface area contributed by atoms with Crippen molar-refractivity contribution < 1.29 is 14.3 Å². The standard InChI is InChI=1S/C19H25N3O3/c23-18(9-7-14-4-1-2-10-24-14)20-13-6-8-15-16(12-13)22-19(21-15)17-5-3-11-25-17/h6,8,12,14,17H,1-5,7,9-11H2,(H,20,23)(H,21,22). The number of benzene rings is 1. The van der Waals surface area contributed by atoms with E-state index in [0.717, 1.165) is 67.9 Å². The minimum absolute atomic E-state index is 0.0346. The van der Waals surface area contributed by atoms with Gasteiger partial charge in [-0.3, -0.25) is 4.79 Å². The molecule has 2 unspecified atom stereocenters. The highest BCUT2D eigenvalue weighted by Crippen LogP contribution is 2.28. The smallest absolute Gasteiger partial charge is 0.224 e. The van der Waals surface area contributed by atoms with Gasteiger partial charge in [-0.1, -0.05) is 0 Å². The topological polar surface area (TPSA) is 76.2 Å². The fourth-order valence-corrected chi connectivity index (χ4v) is 3.60. The summed E-state index contributed by atoms with van der Waals surface area (Å²) in [6, 6.07) is 5.78. The average Bonchev–Trinajstić information content (AvgIpc) is 3.30. The summed E-state index contributed by atoms with van der Waals surface area (Å²) in [5.74, 6) is 0.915. The number of imidazole rings is 1. The van der Waals surface area contributed by atoms with E-state index in [1.165, 1.54) is 6.42 Å². The van der Waals surface area contributed by atoms with E-state index in [2.05, 4.69) is 15.3 Å². The molecule has 2 aliphatic rings. The highest BCUT2D eigenvalue weighted by atomic mass is 16.5. The fourth-order valence-electron chi connectivity index (χ4n) is 3.60. The fraction of sp³-hybridized carbons (Fsp3) is 0.579. The minimum atomic E-state index is 0.0346. The van der Waals surface area contributed by atoms with Gasteiger partial charge in [0.25, 0.3) is 0 Å². The summed E-state index contributed by atoms with van der Waals surface area (Å²) in [6.45, 7) is 1.63. The van der Waals surface area contributed by atoms with Gasteiger partial charge in [-0.2, -0.15) is 0 Å². The first-order valence-electron chi connectivity index (χ1n) is 9.31. The van der Waals surface area contributed by atoms with Crippen molar-refractivity contribution in [3.8, 4) is 0 Å². The molecule has 1 aromatic heterocycles. The molecule has 4 rings (SSSR count). The first-order chi connectivity index (χ1) is 12.3. The van der Waals surface area contributed by atoms with Crippen molar-refractivity contribution in [2.75, 3.05) is 18.5 Å². The second kappa shape index (κ2) is 7.54. The Bertz CT molecular complexity index is 731. The second-order valence-electron chi connectivity index (χ2n) is 6.93. The Labute approximate surface area is 147 Å². The maximum Gasteiger partial charge on any atom is 0.224 e. The molecule has 2 atom stereocenters. The molecule has 0 radical (unpaired) electrons. The number of anilines is 1. The second-order valence-corrected chi connectivity index (χ2v) is 6.93. The molecule has 0 bridgehead atoms. The van der Waals surface area contributed by atoms with E-state index in [4.69, 9.17) is 9.47 Å². The summed E-state index contributed by atoms with van der Waals surface area (Å²) in [7, 11) is 0. The SMILES string of the molecule is O=C(CCC1CCCCO1)Nc1ccc2nc(C3CCCO3)[nH]c2c1. The molecule has 3 heterocycles. The zero-order valence-electron chi connectivity index (χ0n) is 14.4. The lowest BCUT2D eigenvalue weighted by Gasteiger charge is -2.22. The number of aromatic nitrogens is 2. The summed E-state index contributed by atoms with van der Waals surface area (Å²) < 4.78 is 11.4. The lowest BCUT2D eigenvalue weighted by molar-refractivity contribution is -0.117. The number of H-pyrrole nitrogens is 1. The molecule has 25 heavy (non-hydrogen) atoms. The first-order valence-corrected chi connectivity index (χ1v) is 9.31. The molecule has 2 N–H and O–H groups in total. The summed E-state index contributed by atoms with van der Waals surface area (Å²) in [4.78, 5) is 20.1. The Morgan fingerprint density at radius 1 is 1.20 bits per heavy atom. The van der Waals surface area contributed by atoms with Crippen LogP contribution in [0.15, 0.2) is 18.2 Å². The van der Waals surface area contributed by atoms with Crippen LogP contribution in [0.2, 0.25) is 0 Å². The number of carbonyl (C=O) groups is 1. The van der Waals surface area contributed by atoms with Crippen LogP contribution < -0.4 is 5.32 Å². The van der Waals surface area contributed by atoms with Gasteiger partial charge in [0.15, 0.2) is 0 Å². The van der Waals surface area contributed by atoms with Crippen LogP contribution in [-0.4, -0.2) is 35.2 Å². The number of nitrogens with one attached hydrogen (secondary N) is 2. The largest absolute Gasteiger partial charge is 0.378 e. The lowest BCUT2D eigenvalue weighted by atomic mass is 10.0. The lowest BCUT2D eigenvalue weighted by Crippen LogP contribution is -2.21. The Hall–Kier alpha value is -1.92. The number of carbonyl (C=O) groups excluding carboxylic acids is 1. The molecule has 2 aliphatic heterocycles. The number of amides is 1. The van der Waals surface area contributed by atoms with Gasteiger partial charge in [-0.05, 0) is 56.7 Å². The highest BCUT2D eigenvalue weighted by Gasteiger charge is 2.21. The van der Waals surface area contributed by atoms with Gasteiger partial charge in [0, 0.05) is 25.3 Å². The van der Waals surface area contributed by atoms with E-state index in [1.54, 1.807) is 0 Å². The molecular weight excluding hydrogens is 318 g/mol. The Morgan fingerprint density at radius 2 is 2.12 bits per heavy atom. The molecule has 6 nitrogen and oxygen atoms in total. The highest BCUT2D eigenvalue weighted by molar-refractivity contribution is 5.93. The molecule has 0 saturated carbocycles. The van der Waals surface area contributed by atoms with E-state index in [-0.39, 0.29) is 18.1 Å². The average molecular weight is 343 g/mol. The number of hydrogen-bond acceptors (Lipinski definition) is 4. The molecule has 2 saturated heterocycles. The van der Waals surface area contributed by atoms with Crippen LogP contribution in [0.3, 0.4) is 0 Å². The number of hydrogen-bond donors (Lipinski definition) is 2. The monoisotopic (exact) mass is 343 g/mol. The van der Waals surface area contributed by atoms with Crippen molar-refractivity contribution in [1.82, 2.24) is 9.97 Å². The summed E-state index contributed by atoms with van der Waals surface area (Å²) in [6.07, 6.45) is 7.09. The van der Waals surface area contributed by atoms with Gasteiger partial charge in [-0.25, -0.2) is 4.98 Å². The third-order valence-electron chi connectivity index (χ3n) is 4.99. The van der Waals surface area contributed by atoms with Gasteiger partial charge in [-0.15, -0.1) is 0 Å². The molecule has 0 spiro atoms. The molecule has 0 aliphatic carbocycles. The third-order valence-corrected chi connectivity index (χ3v) is 4.99. The summed E-state index contributed by atoms with van der Waals surface area (Å²) >= 11 is 0. The van der Waals surface area contributed by atoms with Crippen molar-refractivity contribution in [3.05, 3.63) is 24.0 Å². The van der Waals surface area contributed by atoms with Gasteiger partial charge in [0.1, 0.15) is 11.9 Å². The zero-order valence-corrected chi connectivity index (χ0v) is 14.4. The van der Waals surface area contributed by atoms with Gasteiger partial charge in [0.2, 0.25) is 5.91 Å². The summed E-state index contributed by atoms with van der Waals surface area (Å²) in [5.41, 5.74) is 2.63. The number of ether oxygens (including phenoxy) is 2. The van der Waals surface area contributed by atoms with Crippen LogP contribution in [-0.2, 0) is 14.3 Å². The van der Waals surface area contributed by atoms with Crippen molar-refractivity contribution in [1.29, 1.82) is 0 Å². The van der Waals surface area contributed by atoms with E-state index < -0.39 is 0 Å². The third kappa shape index (κ3) is 4.02. The molecule has 134 valence electrons. The minimum Gasteiger partial charge on any atom is -0.378 e. The molecular formula is C19H25N3O3. The Balaban J connectivity index is 1.36. The van der Waals surface area contributed by atoms with Crippen molar-refractivity contribution in [2.24, 2.45) is 0 Å². The predicted octanol–water partition coefficient (Wildman–Crippen LogP) is 3.70. The molecule has 2 fully saturated rings. The maximum absolute atomic E-state index is 12.2. The van der Waals surface area contributed by atoms with Crippen molar-refractivity contribution >= 4 is 22.6 Å². The van der Waals surface area contributed by atoms with Crippen LogP contribution in [0.5, 0.6) is 0 Å². The van der Waals surface area contributed by atoms with Crippen LogP contribution >= 0.6 is 0 Å². The van der Waals surface area contributed by atoms with Gasteiger partial charge >= 0.3 is 0 Å². The van der Waals surface area contributed by atoms with Crippen LogP contribution in [0.1, 0.15) is 56.9 Å². The Kier molecular flexibility index (Phi) is 4.99. The normalized spacial score (nSPS) is 23.8. The van der Waals surface area contributed by atoms with Crippen LogP contribution in [0.25, 0.3) is 11.0 Å². The Morgan fingerprint density at radius 3 is 2.92 bits per heavy atom. The van der Waals surface area contributed by atoms with Crippen molar-refractivity contribution in [2.45, 2.75) is 57.2 Å². The van der Waals surface area contributed by atoms with E-state index in [9.17, 15) is 4.79 Å². The molecule has 6 heteroatoms. The molecule has 1 amide bonds. The van der Waals surface area contributed by atoms with Crippen LogP contribution in [0, 0.1) is 0 Å². The quantitative estimate of drug-likeness (QED) is 0.868. The number of nitrogens with zero attached hydrogens (tertiary/aromatic N) is 1. The zero-order chi connectivity index (χ0) is 17.1. The number of aromatic amines is 1. The maximum atomic E-state index is 12.2. The number of rotatable bonds is 5.